The van der Waals surface area contributed by atoms with Crippen molar-refractivity contribution in [2.45, 2.75) is 24.3 Å². The van der Waals surface area contributed by atoms with Gasteiger partial charge in [-0.1, -0.05) is 19.1 Å². The van der Waals surface area contributed by atoms with Crippen LogP contribution in [0.5, 0.6) is 0 Å². The highest BCUT2D eigenvalue weighted by molar-refractivity contribution is 7.89. The highest BCUT2D eigenvalue weighted by atomic mass is 32.2. The lowest BCUT2D eigenvalue weighted by atomic mass is 10.2. The van der Waals surface area contributed by atoms with Crippen LogP contribution in [0.25, 0.3) is 0 Å². The molecule has 1 aromatic heterocycles. The molecule has 2 rings (SSSR count). The zero-order chi connectivity index (χ0) is 14.8. The maximum Gasteiger partial charge on any atom is 0.245 e. The van der Waals surface area contributed by atoms with E-state index in [0.29, 0.717) is 26.2 Å². The normalized spacial score (nSPS) is 20.8. The van der Waals surface area contributed by atoms with E-state index in [4.69, 9.17) is 22.7 Å². The van der Waals surface area contributed by atoms with Crippen LogP contribution in [0.4, 0.5) is 0 Å². The Kier molecular flexibility index (Phi) is 4.69. The van der Waals surface area contributed by atoms with E-state index >= 15 is 0 Å². The fourth-order valence-electron chi connectivity index (χ4n) is 2.19. The van der Waals surface area contributed by atoms with E-state index in [1.165, 1.54) is 16.6 Å². The molecule has 1 saturated heterocycles. The Bertz CT molecular complexity index is 604. The highest BCUT2D eigenvalue weighted by Gasteiger charge is 2.35. The number of aromatic nitrogens is 1. The van der Waals surface area contributed by atoms with Crippen molar-refractivity contribution in [1.29, 1.82) is 0 Å². The fourth-order valence-corrected chi connectivity index (χ4v) is 4.24. The molecule has 20 heavy (non-hydrogen) atoms. The lowest BCUT2D eigenvalue weighted by Gasteiger charge is -2.34. The van der Waals surface area contributed by atoms with Gasteiger partial charge < -0.3 is 10.5 Å². The van der Waals surface area contributed by atoms with Gasteiger partial charge in [0.25, 0.3) is 0 Å². The van der Waals surface area contributed by atoms with Crippen LogP contribution >= 0.6 is 12.2 Å². The molecule has 2 N–H and O–H groups in total. The molecule has 1 aromatic rings. The highest BCUT2D eigenvalue weighted by Crippen LogP contribution is 2.23. The quantitative estimate of drug-likeness (QED) is 0.815. The van der Waals surface area contributed by atoms with Gasteiger partial charge in [-0.25, -0.2) is 8.42 Å². The first kappa shape index (κ1) is 15.3. The fraction of sp³-hybridized carbons (Fsp3) is 0.500. The van der Waals surface area contributed by atoms with Crippen LogP contribution in [0.1, 0.15) is 19.0 Å². The molecule has 6 nitrogen and oxygen atoms in total. The molecular weight excluding hydrogens is 298 g/mol. The molecular formula is C12H17N3O3S2. The summed E-state index contributed by atoms with van der Waals surface area (Å²) in [6.45, 7) is 3.04. The van der Waals surface area contributed by atoms with E-state index in [1.807, 2.05) is 6.92 Å². The standard InChI is InChI=1S/C12H17N3O3S2/c1-2-9-8-18-7-6-15(9)20(16,17)10-4-3-5-14-11(10)12(13)19/h3-5,9H,2,6-8H2,1H3,(H2,13,19). The number of sulfonamides is 1. The molecule has 0 amide bonds. The van der Waals surface area contributed by atoms with Crippen molar-refractivity contribution in [1.82, 2.24) is 9.29 Å². The number of pyridine rings is 1. The van der Waals surface area contributed by atoms with Crippen molar-refractivity contribution in [3.05, 3.63) is 24.0 Å². The van der Waals surface area contributed by atoms with Gasteiger partial charge in [0, 0.05) is 18.8 Å². The molecule has 0 aromatic carbocycles. The van der Waals surface area contributed by atoms with Crippen LogP contribution < -0.4 is 5.73 Å². The van der Waals surface area contributed by atoms with E-state index in [-0.39, 0.29) is 21.6 Å². The van der Waals surface area contributed by atoms with Gasteiger partial charge in [0.15, 0.2) is 0 Å². The molecule has 1 unspecified atom stereocenters. The number of hydrogen-bond donors (Lipinski definition) is 1. The number of ether oxygens (including phenoxy) is 1. The molecule has 1 aliphatic rings. The van der Waals surface area contributed by atoms with Crippen molar-refractivity contribution >= 4 is 27.2 Å². The Morgan fingerprint density at radius 1 is 1.65 bits per heavy atom. The van der Waals surface area contributed by atoms with Gasteiger partial charge in [0.05, 0.1) is 13.2 Å². The summed E-state index contributed by atoms with van der Waals surface area (Å²) >= 11 is 4.89. The monoisotopic (exact) mass is 315 g/mol. The van der Waals surface area contributed by atoms with Crippen LogP contribution in [-0.2, 0) is 14.8 Å². The topological polar surface area (TPSA) is 85.5 Å². The number of morpholine rings is 1. The molecule has 8 heteroatoms. The molecule has 0 bridgehead atoms. The third-order valence-corrected chi connectivity index (χ3v) is 5.41. The molecule has 0 aliphatic carbocycles. The predicted molar refractivity (Wildman–Crippen MR) is 78.9 cm³/mol. The van der Waals surface area contributed by atoms with E-state index in [9.17, 15) is 8.42 Å². The van der Waals surface area contributed by atoms with Gasteiger partial charge in [-0.15, -0.1) is 0 Å². The second-order valence-electron chi connectivity index (χ2n) is 4.47. The first-order valence-corrected chi connectivity index (χ1v) is 8.17. The Balaban J connectivity index is 2.47. The summed E-state index contributed by atoms with van der Waals surface area (Å²) < 4.78 is 32.4. The lowest BCUT2D eigenvalue weighted by molar-refractivity contribution is 0.0314. The molecule has 0 spiro atoms. The third kappa shape index (κ3) is 2.83. The third-order valence-electron chi connectivity index (χ3n) is 3.24. The van der Waals surface area contributed by atoms with Crippen LogP contribution in [0.3, 0.4) is 0 Å². The average molecular weight is 315 g/mol. The Labute approximate surface area is 124 Å². The first-order valence-electron chi connectivity index (χ1n) is 6.33. The summed E-state index contributed by atoms with van der Waals surface area (Å²) in [7, 11) is -3.68. The van der Waals surface area contributed by atoms with Crippen molar-refractivity contribution < 1.29 is 13.2 Å². The van der Waals surface area contributed by atoms with Gasteiger partial charge in [0.2, 0.25) is 10.0 Å². The summed E-state index contributed by atoms with van der Waals surface area (Å²) in [5, 5.41) is 0. The minimum Gasteiger partial charge on any atom is -0.388 e. The van der Waals surface area contributed by atoms with Gasteiger partial charge in [0.1, 0.15) is 15.6 Å². The van der Waals surface area contributed by atoms with Crippen LogP contribution in [0.2, 0.25) is 0 Å². The van der Waals surface area contributed by atoms with Gasteiger partial charge in [-0.05, 0) is 18.6 Å². The van der Waals surface area contributed by atoms with Gasteiger partial charge in [-0.3, -0.25) is 4.98 Å². The van der Waals surface area contributed by atoms with E-state index in [0.717, 1.165) is 0 Å². The lowest BCUT2D eigenvalue weighted by Crippen LogP contribution is -2.48. The number of nitrogens with zero attached hydrogens (tertiary/aromatic N) is 2. The van der Waals surface area contributed by atoms with Crippen molar-refractivity contribution in [3.63, 3.8) is 0 Å². The Hall–Kier alpha value is -1.09. The summed E-state index contributed by atoms with van der Waals surface area (Å²) in [6.07, 6.45) is 2.16. The molecule has 1 aliphatic heterocycles. The van der Waals surface area contributed by atoms with Gasteiger partial charge in [-0.2, -0.15) is 4.31 Å². The van der Waals surface area contributed by atoms with Crippen molar-refractivity contribution in [2.24, 2.45) is 5.73 Å². The zero-order valence-electron chi connectivity index (χ0n) is 11.2. The molecule has 1 atom stereocenters. The van der Waals surface area contributed by atoms with Crippen LogP contribution in [-0.4, -0.2) is 48.5 Å². The van der Waals surface area contributed by atoms with Crippen molar-refractivity contribution in [2.75, 3.05) is 19.8 Å². The molecule has 1 fully saturated rings. The number of thiocarbonyl (C=S) groups is 1. The second kappa shape index (κ2) is 6.13. The SMILES string of the molecule is CCC1COCCN1S(=O)(=O)c1cccnc1C(N)=S. The first-order chi connectivity index (χ1) is 9.48. The maximum absolute atomic E-state index is 12.8. The number of nitrogens with two attached hydrogens (primary N) is 1. The van der Waals surface area contributed by atoms with Gasteiger partial charge >= 0.3 is 0 Å². The zero-order valence-corrected chi connectivity index (χ0v) is 12.8. The predicted octanol–water partition coefficient (Wildman–Crippen LogP) is 0.515. The van der Waals surface area contributed by atoms with Crippen LogP contribution in [0, 0.1) is 0 Å². The maximum atomic E-state index is 12.8. The van der Waals surface area contributed by atoms with E-state index in [1.54, 1.807) is 6.07 Å². The summed E-state index contributed by atoms with van der Waals surface area (Å²) in [5.41, 5.74) is 5.71. The minimum atomic E-state index is -3.68. The van der Waals surface area contributed by atoms with E-state index < -0.39 is 10.0 Å². The largest absolute Gasteiger partial charge is 0.388 e. The minimum absolute atomic E-state index is 0.0227. The molecule has 0 radical (unpaired) electrons. The molecule has 0 saturated carbocycles. The van der Waals surface area contributed by atoms with E-state index in [2.05, 4.69) is 4.98 Å². The summed E-state index contributed by atoms with van der Waals surface area (Å²) in [4.78, 5) is 4.03. The molecule has 110 valence electrons. The second-order valence-corrected chi connectivity index (χ2v) is 6.77. The summed E-state index contributed by atoms with van der Waals surface area (Å²) in [6, 6.07) is 2.88. The summed E-state index contributed by atoms with van der Waals surface area (Å²) in [5.74, 6) is 0. The van der Waals surface area contributed by atoms with Crippen molar-refractivity contribution in [3.8, 4) is 0 Å². The Morgan fingerprint density at radius 2 is 2.40 bits per heavy atom. The smallest absolute Gasteiger partial charge is 0.245 e. The Morgan fingerprint density at radius 3 is 3.05 bits per heavy atom. The van der Waals surface area contributed by atoms with Crippen LogP contribution in [0.15, 0.2) is 23.2 Å². The number of rotatable bonds is 4. The number of hydrogen-bond acceptors (Lipinski definition) is 5. The molecule has 2 heterocycles. The average Bonchev–Trinajstić information content (AvgIpc) is 2.47.